The molecule has 7 heteroatoms. The Morgan fingerprint density at radius 3 is 2.39 bits per heavy atom. The number of nitrogens with zero attached hydrogens (tertiary/aromatic N) is 1. The first-order valence-electron chi connectivity index (χ1n) is 13.3. The number of hydrogen-bond acceptors (Lipinski definition) is 6. The fraction of sp³-hybridized carbons (Fsp3) is 0.690. The van der Waals surface area contributed by atoms with Gasteiger partial charge in [0, 0.05) is 24.4 Å². The zero-order valence-electron chi connectivity index (χ0n) is 23.6. The van der Waals surface area contributed by atoms with Crippen LogP contribution < -0.4 is 0 Å². The fourth-order valence-electron chi connectivity index (χ4n) is 6.57. The Hall–Kier alpha value is -1.99. The van der Waals surface area contributed by atoms with Crippen molar-refractivity contribution in [2.24, 2.45) is 23.2 Å². The lowest BCUT2D eigenvalue weighted by Gasteiger charge is -2.61. The van der Waals surface area contributed by atoms with Gasteiger partial charge in [0.1, 0.15) is 23.0 Å². The quantitative estimate of drug-likeness (QED) is 0.264. The van der Waals surface area contributed by atoms with E-state index in [1.165, 1.54) is 0 Å². The molecule has 3 heterocycles. The first-order valence-corrected chi connectivity index (χ1v) is 16.2. The van der Waals surface area contributed by atoms with Crippen molar-refractivity contribution >= 4 is 20.1 Å². The molecule has 6 nitrogen and oxygen atoms in total. The Kier molecular flexibility index (Phi) is 6.61. The second-order valence-electron chi connectivity index (χ2n) is 13.5. The number of cyclic esters (lactones) is 1. The molecular formula is C29H43NO5Si. The molecule has 0 spiro atoms. The van der Waals surface area contributed by atoms with Crippen LogP contribution in [-0.2, 0) is 23.5 Å². The van der Waals surface area contributed by atoms with Crippen molar-refractivity contribution in [1.82, 2.24) is 4.98 Å². The molecule has 1 aromatic heterocycles. The van der Waals surface area contributed by atoms with Gasteiger partial charge in [0.2, 0.25) is 0 Å². The lowest BCUT2D eigenvalue weighted by Crippen LogP contribution is -2.68. The van der Waals surface area contributed by atoms with Crippen LogP contribution >= 0.6 is 0 Å². The number of ether oxygens (including phenoxy) is 2. The lowest BCUT2D eigenvalue weighted by molar-refractivity contribution is -0.209. The Morgan fingerprint density at radius 2 is 1.83 bits per heavy atom. The molecule has 198 valence electrons. The van der Waals surface area contributed by atoms with E-state index >= 15 is 0 Å². The van der Waals surface area contributed by atoms with Gasteiger partial charge >= 0.3 is 5.97 Å². The number of fused-ring (bicyclic) bond motifs is 1. The summed E-state index contributed by atoms with van der Waals surface area (Å²) in [7, 11) is -2.18. The molecule has 0 bridgehead atoms. The van der Waals surface area contributed by atoms with Crippen molar-refractivity contribution in [3.05, 3.63) is 41.4 Å². The Morgan fingerprint density at radius 1 is 1.17 bits per heavy atom. The maximum Gasteiger partial charge on any atom is 0.345 e. The van der Waals surface area contributed by atoms with Gasteiger partial charge in [-0.2, -0.15) is 0 Å². The van der Waals surface area contributed by atoms with Crippen molar-refractivity contribution in [1.29, 1.82) is 0 Å². The van der Waals surface area contributed by atoms with Gasteiger partial charge in [-0.1, -0.05) is 54.5 Å². The number of hydrogen-bond donors (Lipinski definition) is 0. The van der Waals surface area contributed by atoms with E-state index in [4.69, 9.17) is 13.9 Å². The summed E-state index contributed by atoms with van der Waals surface area (Å²) in [6, 6.07) is 3.70. The van der Waals surface area contributed by atoms with Crippen LogP contribution in [-0.4, -0.2) is 36.8 Å². The van der Waals surface area contributed by atoms with Gasteiger partial charge in [0.05, 0.1) is 12.0 Å². The number of ketones is 1. The SMILES string of the molecule is CC(C)[C@@H]1C[C@H](O[Si](C)(C)C(C)(C)C)[C@@]2(C)OC3=C(C(=O)OC(c4cccnc4)C3)C(=O)[C@@H]2C1(C)C. The molecule has 1 saturated carbocycles. The normalized spacial score (nSPS) is 32.5. The molecule has 1 aliphatic carbocycles. The molecule has 4 rings (SSSR count). The molecule has 0 N–H and O–H groups in total. The summed E-state index contributed by atoms with van der Waals surface area (Å²) in [4.78, 5) is 31.7. The number of carbonyl (C=O) groups is 2. The average molecular weight is 514 g/mol. The molecule has 1 aromatic rings. The molecule has 36 heavy (non-hydrogen) atoms. The molecule has 1 fully saturated rings. The zero-order valence-corrected chi connectivity index (χ0v) is 24.6. The minimum absolute atomic E-state index is 0.0162. The van der Waals surface area contributed by atoms with Crippen molar-refractivity contribution in [2.45, 2.75) is 104 Å². The Balaban J connectivity index is 1.81. The molecule has 0 aromatic carbocycles. The predicted octanol–water partition coefficient (Wildman–Crippen LogP) is 6.39. The van der Waals surface area contributed by atoms with E-state index in [0.29, 0.717) is 18.1 Å². The van der Waals surface area contributed by atoms with E-state index in [2.05, 4.69) is 66.5 Å². The number of pyridine rings is 1. The highest BCUT2D eigenvalue weighted by atomic mass is 28.4. The van der Waals surface area contributed by atoms with Crippen molar-refractivity contribution in [3.8, 4) is 0 Å². The monoisotopic (exact) mass is 513 g/mol. The summed E-state index contributed by atoms with van der Waals surface area (Å²) in [6.07, 6.45) is 3.73. The summed E-state index contributed by atoms with van der Waals surface area (Å²) >= 11 is 0. The minimum atomic E-state index is -2.18. The van der Waals surface area contributed by atoms with E-state index in [-0.39, 0.29) is 33.8 Å². The van der Waals surface area contributed by atoms with E-state index in [1.54, 1.807) is 12.4 Å². The van der Waals surface area contributed by atoms with Crippen LogP contribution in [0.2, 0.25) is 18.1 Å². The van der Waals surface area contributed by atoms with Crippen LogP contribution in [0, 0.1) is 23.2 Å². The fourth-order valence-corrected chi connectivity index (χ4v) is 7.96. The highest BCUT2D eigenvalue weighted by Crippen LogP contribution is 2.59. The highest BCUT2D eigenvalue weighted by molar-refractivity contribution is 6.74. The molecule has 1 unspecified atom stereocenters. The van der Waals surface area contributed by atoms with Gasteiger partial charge in [-0.15, -0.1) is 0 Å². The van der Waals surface area contributed by atoms with Crippen LogP contribution in [0.1, 0.15) is 79.9 Å². The van der Waals surface area contributed by atoms with E-state index in [0.717, 1.165) is 12.0 Å². The summed E-state index contributed by atoms with van der Waals surface area (Å²) < 4.78 is 19.7. The summed E-state index contributed by atoms with van der Waals surface area (Å²) in [5.41, 5.74) is -0.385. The van der Waals surface area contributed by atoms with E-state index in [1.807, 2.05) is 19.1 Å². The minimum Gasteiger partial charge on any atom is -0.487 e. The van der Waals surface area contributed by atoms with E-state index in [9.17, 15) is 9.59 Å². The van der Waals surface area contributed by atoms with Gasteiger partial charge in [0.25, 0.3) is 0 Å². The summed E-state index contributed by atoms with van der Waals surface area (Å²) in [5, 5.41) is 0.0162. The Labute approximate surface area is 217 Å². The number of esters is 1. The zero-order chi connectivity index (χ0) is 26.8. The number of Topliss-reactive ketones (excluding diaryl/α,β-unsaturated/α-hetero) is 1. The highest BCUT2D eigenvalue weighted by Gasteiger charge is 2.66. The second-order valence-corrected chi connectivity index (χ2v) is 18.3. The second kappa shape index (κ2) is 8.79. The maximum absolute atomic E-state index is 14.2. The first-order chi connectivity index (χ1) is 16.5. The van der Waals surface area contributed by atoms with Crippen LogP contribution in [0.5, 0.6) is 0 Å². The third kappa shape index (κ3) is 4.26. The molecule has 3 aliphatic rings. The number of aromatic nitrogens is 1. The number of carbonyl (C=O) groups excluding carboxylic acids is 2. The molecule has 2 aliphatic heterocycles. The first kappa shape index (κ1) is 27.1. The van der Waals surface area contributed by atoms with Gasteiger partial charge in [-0.25, -0.2) is 4.79 Å². The van der Waals surface area contributed by atoms with Crippen LogP contribution in [0.3, 0.4) is 0 Å². The van der Waals surface area contributed by atoms with Crippen molar-refractivity contribution < 1.29 is 23.5 Å². The van der Waals surface area contributed by atoms with Crippen molar-refractivity contribution in [2.75, 3.05) is 0 Å². The molecule has 0 amide bonds. The van der Waals surface area contributed by atoms with Gasteiger partial charge < -0.3 is 13.9 Å². The standard InChI is InChI=1S/C29H43NO5Si/c1-17(2)19-14-22(35-36(9,10)27(3,4)5)29(8)25(28(19,6)7)24(31)23-21(34-29)15-20(33-26(23)32)18-12-11-13-30-16-18/h11-13,16-17,19-20,22,25H,14-15H2,1-10H3/t19-,20?,22-,25+,29+/m0/s1. The van der Waals surface area contributed by atoms with Gasteiger partial charge in [-0.05, 0) is 54.8 Å². The van der Waals surface area contributed by atoms with Crippen LogP contribution in [0.25, 0.3) is 0 Å². The topological polar surface area (TPSA) is 74.7 Å². The van der Waals surface area contributed by atoms with Gasteiger partial charge in [0.15, 0.2) is 14.1 Å². The Bertz CT molecular complexity index is 1070. The third-order valence-electron chi connectivity index (χ3n) is 9.44. The van der Waals surface area contributed by atoms with E-state index < -0.39 is 31.9 Å². The number of rotatable bonds is 4. The molecular weight excluding hydrogens is 470 g/mol. The van der Waals surface area contributed by atoms with Crippen LogP contribution in [0.4, 0.5) is 0 Å². The summed E-state index contributed by atoms with van der Waals surface area (Å²) in [6.45, 7) is 22.0. The van der Waals surface area contributed by atoms with Gasteiger partial charge in [-0.3, -0.25) is 9.78 Å². The smallest absolute Gasteiger partial charge is 0.345 e. The maximum atomic E-state index is 14.2. The average Bonchev–Trinajstić information content (AvgIpc) is 2.74. The summed E-state index contributed by atoms with van der Waals surface area (Å²) in [5.74, 6) is -0.239. The largest absolute Gasteiger partial charge is 0.487 e. The molecule has 0 saturated heterocycles. The molecule has 5 atom stereocenters. The van der Waals surface area contributed by atoms with Crippen molar-refractivity contribution in [3.63, 3.8) is 0 Å². The predicted molar refractivity (Wildman–Crippen MR) is 141 cm³/mol. The molecule has 0 radical (unpaired) electrons. The third-order valence-corrected chi connectivity index (χ3v) is 13.9. The van der Waals surface area contributed by atoms with Crippen LogP contribution in [0.15, 0.2) is 35.9 Å². The lowest BCUT2D eigenvalue weighted by atomic mass is 9.51.